The number of benzene rings is 2. The summed E-state index contributed by atoms with van der Waals surface area (Å²) in [6, 6.07) is 9.21. The molecule has 0 heterocycles. The molecule has 0 bridgehead atoms. The first-order chi connectivity index (χ1) is 12.5. The minimum atomic E-state index is -0.313. The number of anilines is 1. The molecule has 6 nitrogen and oxygen atoms in total. The van der Waals surface area contributed by atoms with Crippen LogP contribution >= 0.6 is 0 Å². The van der Waals surface area contributed by atoms with Gasteiger partial charge in [-0.15, -0.1) is 0 Å². The van der Waals surface area contributed by atoms with E-state index >= 15 is 0 Å². The standard InChI is InChI=1S/C20H20N2O4/c1-3-22(4-2)11-18(24)21-16-9-14-15(10-17(16)23)20(26)13-8-6-5-7-12(13)19(14)25/h5-10,23H,3-4,11H2,1-2H3,(H,21,24). The fourth-order valence-corrected chi connectivity index (χ4v) is 3.07. The normalized spacial score (nSPS) is 12.7. The van der Waals surface area contributed by atoms with Gasteiger partial charge in [0.1, 0.15) is 5.75 Å². The maximum Gasteiger partial charge on any atom is 0.238 e. The number of ketones is 2. The van der Waals surface area contributed by atoms with Gasteiger partial charge in [-0.3, -0.25) is 19.3 Å². The van der Waals surface area contributed by atoms with Crippen LogP contribution in [-0.2, 0) is 4.79 Å². The molecular formula is C20H20N2O4. The predicted octanol–water partition coefficient (Wildman–Crippen LogP) is 2.45. The number of likely N-dealkylation sites (N-methyl/N-ethyl adjacent to an activating group) is 1. The van der Waals surface area contributed by atoms with Gasteiger partial charge in [-0.1, -0.05) is 38.1 Å². The molecule has 0 atom stereocenters. The maximum absolute atomic E-state index is 12.7. The van der Waals surface area contributed by atoms with Gasteiger partial charge >= 0.3 is 0 Å². The van der Waals surface area contributed by atoms with E-state index in [9.17, 15) is 19.5 Å². The number of nitrogens with zero attached hydrogens (tertiary/aromatic N) is 1. The number of phenolic OH excluding ortho intramolecular Hbond substituents is 1. The number of phenols is 1. The molecule has 26 heavy (non-hydrogen) atoms. The molecule has 1 aliphatic carbocycles. The van der Waals surface area contributed by atoms with Gasteiger partial charge in [0, 0.05) is 22.3 Å². The van der Waals surface area contributed by atoms with Crippen LogP contribution in [0.4, 0.5) is 5.69 Å². The van der Waals surface area contributed by atoms with E-state index in [2.05, 4.69) is 5.32 Å². The minimum Gasteiger partial charge on any atom is -0.506 e. The smallest absolute Gasteiger partial charge is 0.238 e. The molecule has 2 aromatic rings. The number of carbonyl (C=O) groups is 3. The molecule has 0 fully saturated rings. The largest absolute Gasteiger partial charge is 0.506 e. The van der Waals surface area contributed by atoms with Crippen LogP contribution in [0.3, 0.4) is 0 Å². The van der Waals surface area contributed by atoms with Crippen molar-refractivity contribution in [2.45, 2.75) is 13.8 Å². The van der Waals surface area contributed by atoms with Crippen molar-refractivity contribution in [2.75, 3.05) is 25.0 Å². The van der Waals surface area contributed by atoms with Gasteiger partial charge in [-0.05, 0) is 25.2 Å². The van der Waals surface area contributed by atoms with E-state index in [1.54, 1.807) is 24.3 Å². The summed E-state index contributed by atoms with van der Waals surface area (Å²) >= 11 is 0. The summed E-state index contributed by atoms with van der Waals surface area (Å²) in [4.78, 5) is 39.4. The number of carbonyl (C=O) groups excluding carboxylic acids is 3. The Balaban J connectivity index is 1.93. The molecule has 1 aliphatic rings. The Kier molecular flexibility index (Phi) is 4.86. The third-order valence-electron chi connectivity index (χ3n) is 4.58. The van der Waals surface area contributed by atoms with Crippen molar-refractivity contribution in [2.24, 2.45) is 0 Å². The highest BCUT2D eigenvalue weighted by Crippen LogP contribution is 2.34. The number of aromatic hydroxyl groups is 1. The molecule has 1 amide bonds. The number of hydrogen-bond acceptors (Lipinski definition) is 5. The van der Waals surface area contributed by atoms with E-state index in [0.29, 0.717) is 11.1 Å². The molecule has 0 saturated carbocycles. The minimum absolute atomic E-state index is 0.126. The van der Waals surface area contributed by atoms with Crippen molar-refractivity contribution in [1.29, 1.82) is 0 Å². The van der Waals surface area contributed by atoms with Gasteiger partial charge in [-0.2, -0.15) is 0 Å². The highest BCUT2D eigenvalue weighted by molar-refractivity contribution is 6.29. The van der Waals surface area contributed by atoms with Crippen LogP contribution in [0.25, 0.3) is 0 Å². The number of hydrogen-bond donors (Lipinski definition) is 2. The Labute approximate surface area is 151 Å². The zero-order chi connectivity index (χ0) is 18.8. The van der Waals surface area contributed by atoms with Crippen LogP contribution in [0.1, 0.15) is 45.7 Å². The molecule has 0 aliphatic heterocycles. The lowest BCUT2D eigenvalue weighted by atomic mass is 9.83. The second-order valence-corrected chi connectivity index (χ2v) is 6.13. The zero-order valence-corrected chi connectivity index (χ0v) is 14.7. The van der Waals surface area contributed by atoms with E-state index < -0.39 is 0 Å². The zero-order valence-electron chi connectivity index (χ0n) is 14.7. The first kappa shape index (κ1) is 17.8. The Hall–Kier alpha value is -2.99. The van der Waals surface area contributed by atoms with Crippen LogP contribution in [0, 0.1) is 0 Å². The Morgan fingerprint density at radius 1 is 0.962 bits per heavy atom. The Morgan fingerprint density at radius 2 is 1.50 bits per heavy atom. The highest BCUT2D eigenvalue weighted by atomic mass is 16.3. The Bertz CT molecular complexity index is 901. The van der Waals surface area contributed by atoms with Crippen LogP contribution in [-0.4, -0.2) is 47.1 Å². The first-order valence-corrected chi connectivity index (χ1v) is 8.53. The summed E-state index contributed by atoms with van der Waals surface area (Å²) in [7, 11) is 0. The number of amides is 1. The predicted molar refractivity (Wildman–Crippen MR) is 97.8 cm³/mol. The second-order valence-electron chi connectivity index (χ2n) is 6.13. The fourth-order valence-electron chi connectivity index (χ4n) is 3.07. The first-order valence-electron chi connectivity index (χ1n) is 8.53. The van der Waals surface area contributed by atoms with Gasteiger partial charge < -0.3 is 10.4 Å². The summed E-state index contributed by atoms with van der Waals surface area (Å²) in [6.45, 7) is 5.54. The summed E-state index contributed by atoms with van der Waals surface area (Å²) in [6.07, 6.45) is 0. The third-order valence-corrected chi connectivity index (χ3v) is 4.58. The van der Waals surface area contributed by atoms with Gasteiger partial charge in [0.05, 0.1) is 12.2 Å². The van der Waals surface area contributed by atoms with Gasteiger partial charge in [0.25, 0.3) is 0 Å². The summed E-state index contributed by atoms with van der Waals surface area (Å²) in [5.74, 6) is -1.14. The fraction of sp³-hybridized carbons (Fsp3) is 0.250. The van der Waals surface area contributed by atoms with Crippen LogP contribution in [0.2, 0.25) is 0 Å². The van der Waals surface area contributed by atoms with Crippen LogP contribution < -0.4 is 5.32 Å². The molecule has 0 unspecified atom stereocenters. The van der Waals surface area contributed by atoms with Gasteiger partial charge in [0.2, 0.25) is 5.91 Å². The second kappa shape index (κ2) is 7.09. The number of nitrogens with one attached hydrogen (secondary N) is 1. The lowest BCUT2D eigenvalue weighted by Gasteiger charge is -2.20. The monoisotopic (exact) mass is 352 g/mol. The lowest BCUT2D eigenvalue weighted by Crippen LogP contribution is -2.33. The number of fused-ring (bicyclic) bond motifs is 2. The third kappa shape index (κ3) is 3.11. The summed E-state index contributed by atoms with van der Waals surface area (Å²) in [5, 5.41) is 12.8. The van der Waals surface area contributed by atoms with E-state index in [4.69, 9.17) is 0 Å². The van der Waals surface area contributed by atoms with Gasteiger partial charge in [0.15, 0.2) is 11.6 Å². The van der Waals surface area contributed by atoms with E-state index in [0.717, 1.165) is 13.1 Å². The van der Waals surface area contributed by atoms with Crippen molar-refractivity contribution in [1.82, 2.24) is 4.90 Å². The average Bonchev–Trinajstić information content (AvgIpc) is 2.65. The van der Waals surface area contributed by atoms with Crippen LogP contribution in [0.15, 0.2) is 36.4 Å². The van der Waals surface area contributed by atoms with E-state index in [1.807, 2.05) is 18.7 Å². The molecule has 0 spiro atoms. The van der Waals surface area contributed by atoms with E-state index in [1.165, 1.54) is 12.1 Å². The van der Waals surface area contributed by atoms with E-state index in [-0.39, 0.29) is 46.6 Å². The van der Waals surface area contributed by atoms with Crippen LogP contribution in [0.5, 0.6) is 5.75 Å². The molecular weight excluding hydrogens is 332 g/mol. The quantitative estimate of drug-likeness (QED) is 0.689. The van der Waals surface area contributed by atoms with Crippen molar-refractivity contribution in [3.8, 4) is 5.75 Å². The summed E-state index contributed by atoms with van der Waals surface area (Å²) in [5.41, 5.74) is 1.11. The molecule has 0 radical (unpaired) electrons. The van der Waals surface area contributed by atoms with Crippen molar-refractivity contribution < 1.29 is 19.5 Å². The topological polar surface area (TPSA) is 86.7 Å². The van der Waals surface area contributed by atoms with Crippen molar-refractivity contribution in [3.63, 3.8) is 0 Å². The maximum atomic E-state index is 12.7. The SMILES string of the molecule is CCN(CC)CC(=O)Nc1cc2c(cc1O)C(=O)c1ccccc1C2=O. The number of rotatable bonds is 5. The molecule has 6 heteroatoms. The molecule has 0 aromatic heterocycles. The highest BCUT2D eigenvalue weighted by Gasteiger charge is 2.30. The lowest BCUT2D eigenvalue weighted by molar-refractivity contribution is -0.117. The molecule has 0 saturated heterocycles. The Morgan fingerprint density at radius 3 is 2.04 bits per heavy atom. The van der Waals surface area contributed by atoms with Crippen molar-refractivity contribution in [3.05, 3.63) is 58.7 Å². The van der Waals surface area contributed by atoms with Gasteiger partial charge in [-0.25, -0.2) is 0 Å². The average molecular weight is 352 g/mol. The molecule has 134 valence electrons. The molecule has 2 aromatic carbocycles. The molecule has 2 N–H and O–H groups in total. The van der Waals surface area contributed by atoms with Crippen molar-refractivity contribution >= 4 is 23.2 Å². The summed E-state index contributed by atoms with van der Waals surface area (Å²) < 4.78 is 0. The molecule has 3 rings (SSSR count).